The average molecular weight is 300 g/mol. The Kier molecular flexibility index (Phi) is 3.84. The van der Waals surface area contributed by atoms with Crippen LogP contribution in [0.3, 0.4) is 0 Å². The van der Waals surface area contributed by atoms with E-state index in [0.717, 1.165) is 33.9 Å². The van der Waals surface area contributed by atoms with E-state index in [0.29, 0.717) is 6.04 Å². The molecule has 5 heteroatoms. The maximum absolute atomic E-state index is 5.27. The lowest BCUT2D eigenvalue weighted by atomic mass is 10.0. The summed E-state index contributed by atoms with van der Waals surface area (Å²) in [5.74, 6) is 0.844. The molecule has 2 heterocycles. The van der Waals surface area contributed by atoms with Gasteiger partial charge in [-0.3, -0.25) is 0 Å². The Balaban J connectivity index is 1.81. The Bertz CT molecular complexity index is 663. The van der Waals surface area contributed by atoms with E-state index in [9.17, 15) is 0 Å². The Labute approximate surface area is 128 Å². The molecule has 0 aliphatic carbocycles. The van der Waals surface area contributed by atoms with Crippen LogP contribution in [0.4, 0.5) is 10.8 Å². The lowest BCUT2D eigenvalue weighted by molar-refractivity contribution is 0.415. The van der Waals surface area contributed by atoms with Crippen molar-refractivity contribution in [2.45, 2.75) is 19.9 Å². The second kappa shape index (κ2) is 5.77. The van der Waals surface area contributed by atoms with E-state index in [4.69, 9.17) is 4.74 Å². The van der Waals surface area contributed by atoms with E-state index in [1.807, 2.05) is 18.2 Å². The number of methoxy groups -OCH3 is 1. The monoisotopic (exact) mass is 300 g/mol. The van der Waals surface area contributed by atoms with Crippen molar-refractivity contribution in [1.82, 2.24) is 4.98 Å². The molecule has 0 saturated heterocycles. The number of thiazole rings is 1. The highest BCUT2D eigenvalue weighted by Crippen LogP contribution is 2.33. The average Bonchev–Trinajstić information content (AvgIpc) is 2.93. The van der Waals surface area contributed by atoms with Gasteiger partial charge in [0.25, 0.3) is 0 Å². The molecule has 3 rings (SSSR count). The molecule has 1 aromatic heterocycles. The fourth-order valence-electron chi connectivity index (χ4n) is 2.14. The molecule has 1 aliphatic rings. The molecule has 109 valence electrons. The first-order valence-electron chi connectivity index (χ1n) is 6.88. The topological polar surface area (TPSA) is 46.2 Å². The molecular formula is C16H18N3OS. The molecule has 0 saturated carbocycles. The van der Waals surface area contributed by atoms with Crippen molar-refractivity contribution in [3.63, 3.8) is 0 Å². The summed E-state index contributed by atoms with van der Waals surface area (Å²) in [6.07, 6.45) is 4.15. The van der Waals surface area contributed by atoms with E-state index in [1.54, 1.807) is 18.4 Å². The van der Waals surface area contributed by atoms with Gasteiger partial charge in [-0.1, -0.05) is 6.08 Å². The molecule has 0 fully saturated rings. The van der Waals surface area contributed by atoms with Gasteiger partial charge in [0.2, 0.25) is 0 Å². The van der Waals surface area contributed by atoms with Crippen molar-refractivity contribution in [3.05, 3.63) is 47.0 Å². The molecule has 2 N–H and O–H groups in total. The SMILES string of the molecule is COc1ccc2c(c1)N[C](c1csc(NC(C)C)n1)C=C2. The molecule has 21 heavy (non-hydrogen) atoms. The van der Waals surface area contributed by atoms with E-state index in [2.05, 4.69) is 47.0 Å². The van der Waals surface area contributed by atoms with Gasteiger partial charge in [-0.15, -0.1) is 11.3 Å². The Morgan fingerprint density at radius 1 is 1.29 bits per heavy atom. The zero-order chi connectivity index (χ0) is 14.8. The number of anilines is 2. The zero-order valence-electron chi connectivity index (χ0n) is 12.3. The molecule has 0 atom stereocenters. The summed E-state index contributed by atoms with van der Waals surface area (Å²) in [5.41, 5.74) is 3.14. The van der Waals surface area contributed by atoms with Gasteiger partial charge < -0.3 is 15.4 Å². The Morgan fingerprint density at radius 3 is 2.90 bits per heavy atom. The van der Waals surface area contributed by atoms with Crippen LogP contribution in [0.1, 0.15) is 25.1 Å². The minimum Gasteiger partial charge on any atom is -0.497 e. The van der Waals surface area contributed by atoms with E-state index in [1.165, 1.54) is 0 Å². The van der Waals surface area contributed by atoms with Crippen LogP contribution in [-0.2, 0) is 0 Å². The molecule has 0 spiro atoms. The van der Waals surface area contributed by atoms with Gasteiger partial charge >= 0.3 is 0 Å². The van der Waals surface area contributed by atoms with Gasteiger partial charge in [-0.25, -0.2) is 4.98 Å². The first-order chi connectivity index (χ1) is 10.2. The fourth-order valence-corrected chi connectivity index (χ4v) is 2.99. The number of hydrogen-bond acceptors (Lipinski definition) is 5. The van der Waals surface area contributed by atoms with Crippen molar-refractivity contribution in [2.75, 3.05) is 17.7 Å². The third-order valence-corrected chi connectivity index (χ3v) is 3.93. The minimum atomic E-state index is 0.383. The Hall–Kier alpha value is -2.01. The predicted octanol–water partition coefficient (Wildman–Crippen LogP) is 3.99. The smallest absolute Gasteiger partial charge is 0.183 e. The van der Waals surface area contributed by atoms with Crippen LogP contribution in [0, 0.1) is 6.04 Å². The van der Waals surface area contributed by atoms with Crippen LogP contribution in [0.5, 0.6) is 5.75 Å². The molecular weight excluding hydrogens is 282 g/mol. The van der Waals surface area contributed by atoms with Gasteiger partial charge in [0.1, 0.15) is 11.8 Å². The second-order valence-electron chi connectivity index (χ2n) is 5.16. The number of hydrogen-bond donors (Lipinski definition) is 2. The molecule has 0 bridgehead atoms. The molecule has 1 radical (unpaired) electrons. The van der Waals surface area contributed by atoms with Gasteiger partial charge in [-0.2, -0.15) is 0 Å². The summed E-state index contributed by atoms with van der Waals surface area (Å²) in [4.78, 5) is 4.61. The van der Waals surface area contributed by atoms with Gasteiger partial charge in [0.15, 0.2) is 5.13 Å². The summed E-state index contributed by atoms with van der Waals surface area (Å²) >= 11 is 1.62. The second-order valence-corrected chi connectivity index (χ2v) is 6.02. The fraction of sp³-hybridized carbons (Fsp3) is 0.250. The van der Waals surface area contributed by atoms with Crippen molar-refractivity contribution in [3.8, 4) is 5.75 Å². The van der Waals surface area contributed by atoms with E-state index >= 15 is 0 Å². The van der Waals surface area contributed by atoms with Crippen molar-refractivity contribution in [2.24, 2.45) is 0 Å². The number of aromatic nitrogens is 1. The van der Waals surface area contributed by atoms with Crippen molar-refractivity contribution >= 4 is 28.2 Å². The lowest BCUT2D eigenvalue weighted by Crippen LogP contribution is -2.14. The zero-order valence-corrected chi connectivity index (χ0v) is 13.1. The predicted molar refractivity (Wildman–Crippen MR) is 88.9 cm³/mol. The lowest BCUT2D eigenvalue weighted by Gasteiger charge is -2.20. The summed E-state index contributed by atoms with van der Waals surface area (Å²) in [5, 5.41) is 9.75. The third kappa shape index (κ3) is 3.03. The largest absolute Gasteiger partial charge is 0.497 e. The molecule has 1 aromatic carbocycles. The van der Waals surface area contributed by atoms with Crippen LogP contribution < -0.4 is 15.4 Å². The molecule has 1 aliphatic heterocycles. The molecule has 0 unspecified atom stereocenters. The van der Waals surface area contributed by atoms with Crippen LogP contribution in [0.15, 0.2) is 29.7 Å². The van der Waals surface area contributed by atoms with Crippen LogP contribution in [0.2, 0.25) is 0 Å². The highest BCUT2D eigenvalue weighted by Gasteiger charge is 2.19. The maximum atomic E-state index is 5.27. The van der Waals surface area contributed by atoms with Gasteiger partial charge in [0.05, 0.1) is 12.8 Å². The van der Waals surface area contributed by atoms with Crippen LogP contribution in [-0.4, -0.2) is 18.1 Å². The standard InChI is InChI=1S/C16H18N3OS/c1-10(2)17-16-19-15(9-21-16)13-7-5-11-4-6-12(20-3)8-14(11)18-13/h4-10,18H,1-3H3,(H,17,19). The summed E-state index contributed by atoms with van der Waals surface area (Å²) in [6, 6.07) is 7.39. The molecule has 0 amide bonds. The first-order valence-corrected chi connectivity index (χ1v) is 7.76. The number of nitrogens with one attached hydrogen (secondary N) is 2. The van der Waals surface area contributed by atoms with Crippen molar-refractivity contribution < 1.29 is 4.74 Å². The first kappa shape index (κ1) is 13.9. The van der Waals surface area contributed by atoms with Crippen LogP contribution >= 0.6 is 11.3 Å². The Morgan fingerprint density at radius 2 is 2.14 bits per heavy atom. The summed E-state index contributed by atoms with van der Waals surface area (Å²) < 4.78 is 5.27. The summed E-state index contributed by atoms with van der Waals surface area (Å²) in [7, 11) is 1.68. The third-order valence-electron chi connectivity index (χ3n) is 3.15. The highest BCUT2D eigenvalue weighted by molar-refractivity contribution is 7.13. The number of rotatable bonds is 4. The number of nitrogens with zero attached hydrogens (tertiary/aromatic N) is 1. The van der Waals surface area contributed by atoms with Gasteiger partial charge in [-0.05, 0) is 37.6 Å². The highest BCUT2D eigenvalue weighted by atomic mass is 32.1. The number of fused-ring (bicyclic) bond motifs is 1. The minimum absolute atomic E-state index is 0.383. The van der Waals surface area contributed by atoms with E-state index < -0.39 is 0 Å². The molecule has 2 aromatic rings. The summed E-state index contributed by atoms with van der Waals surface area (Å²) in [6.45, 7) is 4.21. The number of ether oxygens (including phenoxy) is 1. The quantitative estimate of drug-likeness (QED) is 0.896. The normalized spacial score (nSPS) is 13.9. The van der Waals surface area contributed by atoms with E-state index in [-0.39, 0.29) is 0 Å². The van der Waals surface area contributed by atoms with Gasteiger partial charge in [0, 0.05) is 23.2 Å². The maximum Gasteiger partial charge on any atom is 0.183 e. The molecule has 4 nitrogen and oxygen atoms in total. The van der Waals surface area contributed by atoms with Crippen molar-refractivity contribution in [1.29, 1.82) is 0 Å². The van der Waals surface area contributed by atoms with Crippen LogP contribution in [0.25, 0.3) is 6.08 Å². The number of benzene rings is 1.